The first-order chi connectivity index (χ1) is 29.5. The van der Waals surface area contributed by atoms with Crippen molar-refractivity contribution in [2.45, 2.75) is 111 Å². The average Bonchev–Trinajstić information content (AvgIpc) is 3.59. The van der Waals surface area contributed by atoms with Gasteiger partial charge in [-0.2, -0.15) is 0 Å². The van der Waals surface area contributed by atoms with Crippen LogP contribution >= 0.6 is 11.3 Å². The topological polar surface area (TPSA) is 6.48 Å². The van der Waals surface area contributed by atoms with Crippen LogP contribution in [0.25, 0.3) is 10.1 Å². The molecule has 0 saturated heterocycles. The molecule has 0 unspecified atom stereocenters. The number of rotatable bonds is 2. The number of hydrogen-bond donors (Lipinski definition) is 0. The predicted octanol–water partition coefficient (Wildman–Crippen LogP) is 12.2. The van der Waals surface area contributed by atoms with E-state index in [9.17, 15) is 12.3 Å². The van der Waals surface area contributed by atoms with Crippen molar-refractivity contribution in [3.05, 3.63) is 125 Å². The van der Waals surface area contributed by atoms with Crippen LogP contribution in [0.3, 0.4) is 0 Å². The lowest BCUT2D eigenvalue weighted by molar-refractivity contribution is 0.332. The first-order valence-corrected chi connectivity index (χ1v) is 19.5. The van der Waals surface area contributed by atoms with Crippen LogP contribution in [0.4, 0.5) is 34.1 Å². The van der Waals surface area contributed by atoms with Gasteiger partial charge < -0.3 is 9.80 Å². The summed E-state index contributed by atoms with van der Waals surface area (Å²) in [5.74, 6) is 0. The number of nitrogens with zero attached hydrogens (tertiary/aromatic N) is 2. The lowest BCUT2D eigenvalue weighted by Crippen LogP contribution is -2.60. The quantitative estimate of drug-likeness (QED) is 0.164. The van der Waals surface area contributed by atoms with E-state index in [1.807, 2.05) is 60.6 Å². The van der Waals surface area contributed by atoms with E-state index in [2.05, 4.69) is 50.8 Å². The second-order valence-corrected chi connectivity index (χ2v) is 19.6. The highest BCUT2D eigenvalue weighted by molar-refractivity contribution is 7.33. The van der Waals surface area contributed by atoms with Gasteiger partial charge in [0.1, 0.15) is 0 Å². The molecule has 0 spiro atoms. The van der Waals surface area contributed by atoms with E-state index in [1.54, 1.807) is 4.90 Å². The molecule has 9 rings (SSSR count). The second-order valence-electron chi connectivity index (χ2n) is 18.6. The van der Waals surface area contributed by atoms with Gasteiger partial charge in [0.15, 0.2) is 0 Å². The van der Waals surface area contributed by atoms with Crippen LogP contribution in [0, 0.1) is 6.92 Å². The molecule has 0 fully saturated rings. The molecule has 6 aromatic rings. The summed E-state index contributed by atoms with van der Waals surface area (Å²) in [5, 5.41) is 0.351. The van der Waals surface area contributed by atoms with Crippen LogP contribution in [0.15, 0.2) is 96.8 Å². The van der Waals surface area contributed by atoms with Crippen LogP contribution in [0.1, 0.15) is 125 Å². The van der Waals surface area contributed by atoms with Crippen molar-refractivity contribution >= 4 is 78.0 Å². The van der Waals surface area contributed by atoms with Crippen LogP contribution in [-0.4, -0.2) is 6.71 Å². The lowest BCUT2D eigenvalue weighted by atomic mass is 9.36. The summed E-state index contributed by atoms with van der Waals surface area (Å²) >= 11 is 1.25. The maximum Gasteiger partial charge on any atom is 0.264 e. The zero-order valence-corrected chi connectivity index (χ0v) is 33.5. The number of anilines is 6. The van der Waals surface area contributed by atoms with Crippen molar-refractivity contribution in [3.8, 4) is 0 Å². The molecule has 5 aromatic carbocycles. The fourth-order valence-corrected chi connectivity index (χ4v) is 9.71. The molecule has 53 heavy (non-hydrogen) atoms. The highest BCUT2D eigenvalue weighted by Gasteiger charge is 2.46. The van der Waals surface area contributed by atoms with E-state index in [0.717, 1.165) is 24.1 Å². The average molecular weight is 724 g/mol. The van der Waals surface area contributed by atoms with E-state index >= 15 is 0 Å². The molecular formula is C49H53BN2S. The number of fused-ring (bicyclic) bond motifs is 7. The summed E-state index contributed by atoms with van der Waals surface area (Å²) in [6, 6.07) is 7.95. The first kappa shape index (κ1) is 24.2. The van der Waals surface area contributed by atoms with Gasteiger partial charge in [0.2, 0.25) is 0 Å². The highest BCUT2D eigenvalue weighted by atomic mass is 32.1. The van der Waals surface area contributed by atoms with Gasteiger partial charge in [0.25, 0.3) is 6.71 Å². The van der Waals surface area contributed by atoms with E-state index in [1.165, 1.54) is 22.5 Å². The van der Waals surface area contributed by atoms with Gasteiger partial charge in [0, 0.05) is 43.3 Å². The first-order valence-electron chi connectivity index (χ1n) is 24.2. The smallest absolute Gasteiger partial charge is 0.264 e. The fraction of sp³-hybridized carbons (Fsp3) is 0.347. The largest absolute Gasteiger partial charge is 0.311 e. The van der Waals surface area contributed by atoms with Crippen LogP contribution in [0.2, 0.25) is 0 Å². The number of hydrogen-bond acceptors (Lipinski definition) is 3. The zero-order chi connectivity index (χ0) is 47.0. The predicted molar refractivity (Wildman–Crippen MR) is 233 cm³/mol. The standard InChI is InChI=1S/C49H53BN2S/c1-30-26-40-43-41(27-30)52(34-21-22-36-37(29-34)49(10,11)25-24-48(36,8)9)44-35-14-12-13-15-42(35)53-45(44)50(43)38-28-32(47(5,6)7)18-23-39(38)51(40)33-19-16-31(17-20-33)46(2,3)4/h12-23,26-29H,24-25H2,1-11H3/i12D,13D,14D,15D,16D,17D,18D,19D,20D,23D,28D. The SMILES string of the molecule is [2H]c1c([2H])c(C(C)(C)C)c([2H])c([2H])c1N1c2cc(C)cc3c2B(c2sc4c([2H])c([2H])c([2H])c([2H])c4c2N3c2ccc3c(c2)C(C)(C)CCC3(C)C)c2c([2H])c(C(C)(C)C)c([2H])c([2H])c21. The Bertz CT molecular complexity index is 3060. The molecule has 0 radical (unpaired) electrons. The third-order valence-corrected chi connectivity index (χ3v) is 12.8. The molecule has 1 aromatic heterocycles. The van der Waals surface area contributed by atoms with E-state index in [4.69, 9.17) is 2.74 Å². The Morgan fingerprint density at radius 1 is 0.679 bits per heavy atom. The van der Waals surface area contributed by atoms with Crippen LogP contribution < -0.4 is 25.5 Å². The van der Waals surface area contributed by atoms with Crippen molar-refractivity contribution < 1.29 is 15.1 Å². The number of benzene rings is 5. The van der Waals surface area contributed by atoms with Gasteiger partial charge in [-0.3, -0.25) is 0 Å². The minimum atomic E-state index is -0.822. The van der Waals surface area contributed by atoms with Crippen molar-refractivity contribution in [1.82, 2.24) is 0 Å². The Morgan fingerprint density at radius 2 is 1.30 bits per heavy atom. The molecular weight excluding hydrogens is 659 g/mol. The highest BCUT2D eigenvalue weighted by Crippen LogP contribution is 2.51. The van der Waals surface area contributed by atoms with E-state index in [0.29, 0.717) is 48.4 Å². The monoisotopic (exact) mass is 723 g/mol. The van der Waals surface area contributed by atoms with Gasteiger partial charge in [0.05, 0.1) is 20.8 Å². The molecule has 0 amide bonds. The van der Waals surface area contributed by atoms with Gasteiger partial charge in [-0.1, -0.05) is 118 Å². The van der Waals surface area contributed by atoms with Crippen molar-refractivity contribution in [3.63, 3.8) is 0 Å². The molecule has 3 heterocycles. The Balaban J connectivity index is 1.51. The Labute approximate surface area is 337 Å². The number of aryl methyl sites for hydroxylation is 1. The molecule has 3 aliphatic rings. The summed E-state index contributed by atoms with van der Waals surface area (Å²) in [6.45, 7) is 21.4. The van der Waals surface area contributed by atoms with Gasteiger partial charge in [-0.05, 0) is 129 Å². The summed E-state index contributed by atoms with van der Waals surface area (Å²) < 4.78 is 105. The van der Waals surface area contributed by atoms with Gasteiger partial charge in [-0.15, -0.1) is 11.3 Å². The maximum atomic E-state index is 10.2. The minimum absolute atomic E-state index is 0.00594. The molecule has 0 atom stereocenters. The van der Waals surface area contributed by atoms with Crippen molar-refractivity contribution in [2.24, 2.45) is 0 Å². The van der Waals surface area contributed by atoms with Crippen LogP contribution in [0.5, 0.6) is 0 Å². The summed E-state index contributed by atoms with van der Waals surface area (Å²) in [7, 11) is 0. The van der Waals surface area contributed by atoms with E-state index < -0.39 is 17.5 Å². The maximum absolute atomic E-state index is 10.2. The summed E-state index contributed by atoms with van der Waals surface area (Å²) in [4.78, 5) is 3.69. The Kier molecular flexibility index (Phi) is 5.19. The van der Waals surface area contributed by atoms with Gasteiger partial charge in [-0.25, -0.2) is 0 Å². The third-order valence-electron chi connectivity index (χ3n) is 11.6. The molecule has 2 aliphatic heterocycles. The third kappa shape index (κ3) is 5.26. The molecule has 268 valence electrons. The Hall–Kier alpha value is -4.28. The van der Waals surface area contributed by atoms with Crippen LogP contribution in [-0.2, 0) is 21.7 Å². The summed E-state index contributed by atoms with van der Waals surface area (Å²) in [6.07, 6.45) is 1.99. The number of thiophene rings is 1. The summed E-state index contributed by atoms with van der Waals surface area (Å²) in [5.41, 5.74) is 5.55. The molecule has 2 nitrogen and oxygen atoms in total. The normalized spacial score (nSPS) is 19.9. The molecule has 0 N–H and O–H groups in total. The minimum Gasteiger partial charge on any atom is -0.311 e. The van der Waals surface area contributed by atoms with E-state index in [-0.39, 0.29) is 94.2 Å². The van der Waals surface area contributed by atoms with Crippen molar-refractivity contribution in [2.75, 3.05) is 9.80 Å². The lowest BCUT2D eigenvalue weighted by Gasteiger charge is -2.45. The molecule has 4 heteroatoms. The molecule has 1 aliphatic carbocycles. The Morgan fingerprint density at radius 3 is 1.98 bits per heavy atom. The molecule has 0 bridgehead atoms. The second kappa shape index (κ2) is 11.4. The zero-order valence-electron chi connectivity index (χ0n) is 43.7. The van der Waals surface area contributed by atoms with Gasteiger partial charge >= 0.3 is 0 Å². The fourth-order valence-electron chi connectivity index (χ4n) is 8.50. The molecule has 0 saturated carbocycles. The van der Waals surface area contributed by atoms with Crippen molar-refractivity contribution in [1.29, 1.82) is 0 Å².